The van der Waals surface area contributed by atoms with Gasteiger partial charge in [0, 0.05) is 24.0 Å². The van der Waals surface area contributed by atoms with Crippen molar-refractivity contribution in [1.29, 1.82) is 0 Å². The lowest BCUT2D eigenvalue weighted by Gasteiger charge is -2.16. The summed E-state index contributed by atoms with van der Waals surface area (Å²) in [4.78, 5) is 8.79. The van der Waals surface area contributed by atoms with E-state index in [0.717, 1.165) is 41.5 Å². The normalized spacial score (nSPS) is 12.3. The van der Waals surface area contributed by atoms with Gasteiger partial charge >= 0.3 is 0 Å². The molecule has 0 aromatic carbocycles. The Bertz CT molecular complexity index is 541. The highest BCUT2D eigenvalue weighted by molar-refractivity contribution is 7.09. The van der Waals surface area contributed by atoms with Gasteiger partial charge in [0.25, 0.3) is 0 Å². The molecule has 0 saturated carbocycles. The van der Waals surface area contributed by atoms with Crippen LogP contribution >= 0.6 is 11.3 Å². The van der Waals surface area contributed by atoms with Crippen LogP contribution in [0.5, 0.6) is 5.75 Å². The van der Waals surface area contributed by atoms with Crippen molar-refractivity contribution in [2.24, 2.45) is 0 Å². The number of ether oxygens (including phenoxy) is 1. The van der Waals surface area contributed by atoms with E-state index in [2.05, 4.69) is 33.7 Å². The second-order valence-corrected chi connectivity index (χ2v) is 5.77. The third-order valence-electron chi connectivity index (χ3n) is 3.04. The Morgan fingerprint density at radius 3 is 2.90 bits per heavy atom. The summed E-state index contributed by atoms with van der Waals surface area (Å²) in [6, 6.07) is 2.26. The van der Waals surface area contributed by atoms with Gasteiger partial charge in [-0.3, -0.25) is 4.98 Å². The molecule has 1 N–H and O–H groups in total. The van der Waals surface area contributed by atoms with Crippen molar-refractivity contribution in [3.05, 3.63) is 40.1 Å². The van der Waals surface area contributed by atoms with Crippen molar-refractivity contribution < 1.29 is 4.74 Å². The van der Waals surface area contributed by atoms with E-state index < -0.39 is 0 Å². The Morgan fingerprint density at radius 2 is 2.25 bits per heavy atom. The summed E-state index contributed by atoms with van der Waals surface area (Å²) in [5.74, 6) is 0.832. The molecular weight excluding hydrogens is 270 g/mol. The molecule has 1 unspecified atom stereocenters. The van der Waals surface area contributed by atoms with Gasteiger partial charge in [-0.05, 0) is 32.0 Å². The van der Waals surface area contributed by atoms with E-state index in [1.807, 2.05) is 20.2 Å². The van der Waals surface area contributed by atoms with Crippen LogP contribution in [0.4, 0.5) is 0 Å². The fourth-order valence-electron chi connectivity index (χ4n) is 2.02. The number of rotatable bonds is 7. The van der Waals surface area contributed by atoms with Gasteiger partial charge in [-0.25, -0.2) is 4.98 Å². The van der Waals surface area contributed by atoms with Crippen molar-refractivity contribution in [1.82, 2.24) is 15.3 Å². The minimum Gasteiger partial charge on any atom is -0.492 e. The second kappa shape index (κ2) is 7.36. The van der Waals surface area contributed by atoms with Gasteiger partial charge in [-0.2, -0.15) is 0 Å². The minimum atomic E-state index is 0.203. The lowest BCUT2D eigenvalue weighted by atomic mass is 10.0. The van der Waals surface area contributed by atoms with Crippen molar-refractivity contribution in [3.8, 4) is 5.75 Å². The summed E-state index contributed by atoms with van der Waals surface area (Å²) in [5.41, 5.74) is 2.25. The van der Waals surface area contributed by atoms with Gasteiger partial charge in [0.2, 0.25) is 0 Å². The molecule has 0 radical (unpaired) electrons. The summed E-state index contributed by atoms with van der Waals surface area (Å²) in [7, 11) is 1.96. The van der Waals surface area contributed by atoms with Crippen molar-refractivity contribution in [2.45, 2.75) is 32.7 Å². The predicted molar refractivity (Wildman–Crippen MR) is 82.4 cm³/mol. The highest BCUT2D eigenvalue weighted by Gasteiger charge is 2.13. The van der Waals surface area contributed by atoms with Crippen LogP contribution in [0.1, 0.15) is 35.7 Å². The molecule has 108 valence electrons. The minimum absolute atomic E-state index is 0.203. The smallest absolute Gasteiger partial charge is 0.137 e. The number of aromatic nitrogens is 2. The van der Waals surface area contributed by atoms with Crippen molar-refractivity contribution in [3.63, 3.8) is 0 Å². The third kappa shape index (κ3) is 4.02. The van der Waals surface area contributed by atoms with Crippen LogP contribution in [-0.2, 0) is 6.42 Å². The molecule has 0 amide bonds. The average Bonchev–Trinajstić information content (AvgIpc) is 2.88. The van der Waals surface area contributed by atoms with Gasteiger partial charge < -0.3 is 10.1 Å². The largest absolute Gasteiger partial charge is 0.492 e. The molecule has 0 saturated heterocycles. The van der Waals surface area contributed by atoms with Crippen molar-refractivity contribution >= 4 is 11.3 Å². The Hall–Kier alpha value is -1.46. The monoisotopic (exact) mass is 291 g/mol. The van der Waals surface area contributed by atoms with Crippen LogP contribution in [0.15, 0.2) is 23.8 Å². The van der Waals surface area contributed by atoms with E-state index in [0.29, 0.717) is 0 Å². The van der Waals surface area contributed by atoms with Crippen LogP contribution in [-0.4, -0.2) is 23.6 Å². The fourth-order valence-corrected chi connectivity index (χ4v) is 2.65. The van der Waals surface area contributed by atoms with Gasteiger partial charge in [0.15, 0.2) is 0 Å². The zero-order valence-electron chi connectivity index (χ0n) is 12.2. The standard InChI is InChI=1S/C15H21N3OS/c1-4-5-19-14-6-12(8-17-9-14)15(16-3)7-13-10-20-11(2)18-13/h6,8-10,15-16H,4-5,7H2,1-3H3. The molecule has 0 aliphatic heterocycles. The number of hydrogen-bond acceptors (Lipinski definition) is 5. The fraction of sp³-hybridized carbons (Fsp3) is 0.467. The molecule has 1 atom stereocenters. The van der Waals surface area contributed by atoms with Crippen molar-refractivity contribution in [2.75, 3.05) is 13.7 Å². The Morgan fingerprint density at radius 1 is 1.40 bits per heavy atom. The molecule has 0 aliphatic rings. The van der Waals surface area contributed by atoms with E-state index in [9.17, 15) is 0 Å². The number of nitrogens with zero attached hydrogens (tertiary/aromatic N) is 2. The zero-order chi connectivity index (χ0) is 14.4. The number of hydrogen-bond donors (Lipinski definition) is 1. The molecule has 0 aliphatic carbocycles. The molecule has 0 fully saturated rings. The molecule has 2 heterocycles. The Balaban J connectivity index is 2.10. The van der Waals surface area contributed by atoms with Crippen LogP contribution in [0, 0.1) is 6.92 Å². The summed E-state index contributed by atoms with van der Waals surface area (Å²) in [5, 5.41) is 6.55. The molecular formula is C15H21N3OS. The molecule has 20 heavy (non-hydrogen) atoms. The van der Waals surface area contributed by atoms with Gasteiger partial charge in [0.1, 0.15) is 5.75 Å². The van der Waals surface area contributed by atoms with Crippen LogP contribution in [0.25, 0.3) is 0 Å². The molecule has 2 rings (SSSR count). The molecule has 4 nitrogen and oxygen atoms in total. The maximum atomic E-state index is 5.64. The summed E-state index contributed by atoms with van der Waals surface area (Å²) in [6.45, 7) is 4.85. The zero-order valence-corrected chi connectivity index (χ0v) is 13.0. The molecule has 2 aromatic rings. The van der Waals surface area contributed by atoms with Crippen LogP contribution in [0.3, 0.4) is 0 Å². The number of nitrogens with one attached hydrogen (secondary N) is 1. The maximum absolute atomic E-state index is 5.64. The number of aryl methyl sites for hydroxylation is 1. The first-order valence-corrected chi connectivity index (χ1v) is 7.77. The van der Waals surface area contributed by atoms with Crippen LogP contribution in [0.2, 0.25) is 0 Å². The first kappa shape index (κ1) is 14.9. The maximum Gasteiger partial charge on any atom is 0.137 e. The topological polar surface area (TPSA) is 47.0 Å². The van der Waals surface area contributed by atoms with E-state index in [4.69, 9.17) is 4.74 Å². The van der Waals surface area contributed by atoms with E-state index in [-0.39, 0.29) is 6.04 Å². The predicted octanol–water partition coefficient (Wildman–Crippen LogP) is 3.14. The SMILES string of the molecule is CCCOc1cncc(C(Cc2csc(C)n2)NC)c1. The van der Waals surface area contributed by atoms with E-state index in [1.54, 1.807) is 17.5 Å². The highest BCUT2D eigenvalue weighted by Crippen LogP contribution is 2.22. The summed E-state index contributed by atoms with van der Waals surface area (Å²) < 4.78 is 5.64. The van der Waals surface area contributed by atoms with E-state index >= 15 is 0 Å². The third-order valence-corrected chi connectivity index (χ3v) is 3.86. The van der Waals surface area contributed by atoms with Gasteiger partial charge in [0.05, 0.1) is 23.5 Å². The molecule has 0 spiro atoms. The first-order chi connectivity index (χ1) is 9.72. The second-order valence-electron chi connectivity index (χ2n) is 4.71. The molecule has 5 heteroatoms. The average molecular weight is 291 g/mol. The lowest BCUT2D eigenvalue weighted by molar-refractivity contribution is 0.315. The molecule has 0 bridgehead atoms. The van der Waals surface area contributed by atoms with Gasteiger partial charge in [-0.15, -0.1) is 11.3 Å². The molecule has 2 aromatic heterocycles. The van der Waals surface area contributed by atoms with Crippen LogP contribution < -0.4 is 10.1 Å². The Kier molecular flexibility index (Phi) is 5.49. The number of pyridine rings is 1. The Labute approximate surface area is 124 Å². The summed E-state index contributed by atoms with van der Waals surface area (Å²) in [6.07, 6.45) is 5.51. The van der Waals surface area contributed by atoms with E-state index in [1.165, 1.54) is 0 Å². The number of thiazole rings is 1. The lowest BCUT2D eigenvalue weighted by Crippen LogP contribution is -2.19. The number of likely N-dealkylation sites (N-methyl/N-ethyl adjacent to an activating group) is 1. The summed E-state index contributed by atoms with van der Waals surface area (Å²) >= 11 is 1.69. The highest BCUT2D eigenvalue weighted by atomic mass is 32.1. The van der Waals surface area contributed by atoms with Gasteiger partial charge in [-0.1, -0.05) is 6.92 Å². The first-order valence-electron chi connectivity index (χ1n) is 6.89. The quantitative estimate of drug-likeness (QED) is 0.851.